The zero-order valence-electron chi connectivity index (χ0n) is 14.7. The highest BCUT2D eigenvalue weighted by Crippen LogP contribution is 2.29. The Morgan fingerprint density at radius 1 is 1.11 bits per heavy atom. The minimum Gasteiger partial charge on any atom is -0.459 e. The molecule has 0 spiro atoms. The van der Waals surface area contributed by atoms with Crippen molar-refractivity contribution in [1.29, 1.82) is 0 Å². The average molecular weight is 413 g/mol. The molecule has 0 aliphatic carbocycles. The van der Waals surface area contributed by atoms with E-state index in [9.17, 15) is 13.2 Å². The van der Waals surface area contributed by atoms with Gasteiger partial charge >= 0.3 is 0 Å². The lowest BCUT2D eigenvalue weighted by atomic mass is 10.2. The van der Waals surface area contributed by atoms with Crippen molar-refractivity contribution < 1.29 is 17.6 Å². The molecule has 0 aliphatic heterocycles. The number of aryl methyl sites for hydroxylation is 1. The van der Waals surface area contributed by atoms with Crippen molar-refractivity contribution >= 4 is 48.3 Å². The molecule has 1 amide bonds. The number of carbonyl (C=O) groups excluding carboxylic acids is 1. The van der Waals surface area contributed by atoms with Gasteiger partial charge in [0.2, 0.25) is 0 Å². The number of benzene rings is 2. The zero-order valence-corrected chi connectivity index (χ0v) is 16.3. The maximum Gasteiger partial charge on any atom is 0.293 e. The van der Waals surface area contributed by atoms with Gasteiger partial charge in [-0.2, -0.15) is 0 Å². The van der Waals surface area contributed by atoms with E-state index in [4.69, 9.17) is 4.42 Å². The van der Waals surface area contributed by atoms with Crippen LogP contribution in [0.25, 0.3) is 10.2 Å². The summed E-state index contributed by atoms with van der Waals surface area (Å²) in [7, 11) is -3.69. The van der Waals surface area contributed by atoms with Gasteiger partial charge in [-0.15, -0.1) is 0 Å². The van der Waals surface area contributed by atoms with E-state index >= 15 is 0 Å². The van der Waals surface area contributed by atoms with E-state index < -0.39 is 15.9 Å². The second-order valence-corrected chi connectivity index (χ2v) is 8.76. The number of anilines is 2. The van der Waals surface area contributed by atoms with Crippen LogP contribution >= 0.6 is 11.3 Å². The molecule has 2 aromatic heterocycles. The van der Waals surface area contributed by atoms with Crippen LogP contribution in [0.5, 0.6) is 0 Å². The predicted molar refractivity (Wildman–Crippen MR) is 108 cm³/mol. The first-order valence-corrected chi connectivity index (χ1v) is 10.6. The molecule has 2 heterocycles. The Balaban J connectivity index is 1.56. The molecular formula is C19H15N3O4S2. The van der Waals surface area contributed by atoms with E-state index in [1.165, 1.54) is 17.6 Å². The highest BCUT2D eigenvalue weighted by atomic mass is 32.2. The van der Waals surface area contributed by atoms with E-state index in [2.05, 4.69) is 15.0 Å². The molecule has 0 saturated carbocycles. The summed E-state index contributed by atoms with van der Waals surface area (Å²) in [5, 5.41) is 3.07. The molecule has 4 aromatic rings. The minimum atomic E-state index is -3.69. The molecule has 0 saturated heterocycles. The van der Waals surface area contributed by atoms with Crippen LogP contribution in [0, 0.1) is 6.92 Å². The van der Waals surface area contributed by atoms with Crippen molar-refractivity contribution in [2.24, 2.45) is 0 Å². The zero-order chi connectivity index (χ0) is 19.7. The van der Waals surface area contributed by atoms with Crippen molar-refractivity contribution in [3.8, 4) is 0 Å². The van der Waals surface area contributed by atoms with Gasteiger partial charge in [0.25, 0.3) is 15.9 Å². The average Bonchev–Trinajstić information content (AvgIpc) is 3.30. The van der Waals surface area contributed by atoms with Gasteiger partial charge in [-0.05, 0) is 49.4 Å². The third kappa shape index (κ3) is 3.75. The number of fused-ring (bicyclic) bond motifs is 1. The van der Waals surface area contributed by atoms with Gasteiger partial charge in [-0.3, -0.25) is 14.8 Å². The standard InChI is InChI=1S/C19H15N3O4S2/c1-12-4-7-14(8-5-12)28(24,25)22-13-6-9-15-17(11-13)27-19(20-15)21-18(23)16-3-2-10-26-16/h2-11,22H,1H3,(H,20,21,23). The van der Waals surface area contributed by atoms with E-state index in [0.29, 0.717) is 16.3 Å². The number of furan rings is 1. The fourth-order valence-electron chi connectivity index (χ4n) is 2.54. The first-order chi connectivity index (χ1) is 13.4. The van der Waals surface area contributed by atoms with Crippen LogP contribution in [0.3, 0.4) is 0 Å². The van der Waals surface area contributed by atoms with Gasteiger partial charge in [0, 0.05) is 0 Å². The van der Waals surface area contributed by atoms with Gasteiger partial charge in [0.15, 0.2) is 10.9 Å². The molecule has 0 aliphatic rings. The van der Waals surface area contributed by atoms with Gasteiger partial charge < -0.3 is 4.42 Å². The van der Waals surface area contributed by atoms with Crippen LogP contribution in [-0.4, -0.2) is 19.3 Å². The SMILES string of the molecule is Cc1ccc(S(=O)(=O)Nc2ccc3nc(NC(=O)c4ccco4)sc3c2)cc1. The highest BCUT2D eigenvalue weighted by Gasteiger charge is 2.16. The second kappa shape index (κ2) is 7.10. The van der Waals surface area contributed by atoms with Gasteiger partial charge in [-0.1, -0.05) is 29.0 Å². The van der Waals surface area contributed by atoms with Crippen LogP contribution < -0.4 is 10.0 Å². The number of nitrogens with one attached hydrogen (secondary N) is 2. The summed E-state index contributed by atoms with van der Waals surface area (Å²) in [5.74, 6) is -0.213. The number of rotatable bonds is 5. The maximum absolute atomic E-state index is 12.5. The Morgan fingerprint density at radius 3 is 2.61 bits per heavy atom. The Labute approximate surface area is 165 Å². The Hall–Kier alpha value is -3.17. The van der Waals surface area contributed by atoms with Crippen LogP contribution in [0.4, 0.5) is 10.8 Å². The molecule has 0 radical (unpaired) electrons. The molecule has 0 unspecified atom stereocenters. The second-order valence-electron chi connectivity index (χ2n) is 6.05. The summed E-state index contributed by atoms with van der Waals surface area (Å²) < 4.78 is 33.4. The van der Waals surface area contributed by atoms with Crippen LogP contribution in [0.1, 0.15) is 16.1 Å². The van der Waals surface area contributed by atoms with Crippen molar-refractivity contribution in [1.82, 2.24) is 4.98 Å². The smallest absolute Gasteiger partial charge is 0.293 e. The predicted octanol–water partition coefficient (Wildman–Crippen LogP) is 4.25. The summed E-state index contributed by atoms with van der Waals surface area (Å²) >= 11 is 1.24. The molecule has 142 valence electrons. The third-order valence-electron chi connectivity index (χ3n) is 3.94. The van der Waals surface area contributed by atoms with Crippen LogP contribution in [0.2, 0.25) is 0 Å². The minimum absolute atomic E-state index is 0.186. The molecule has 0 atom stereocenters. The van der Waals surface area contributed by atoms with Crippen molar-refractivity contribution in [2.45, 2.75) is 11.8 Å². The molecule has 28 heavy (non-hydrogen) atoms. The normalized spacial score (nSPS) is 11.5. The van der Waals surface area contributed by atoms with E-state index in [0.717, 1.165) is 10.3 Å². The van der Waals surface area contributed by atoms with Crippen LogP contribution in [-0.2, 0) is 10.0 Å². The van der Waals surface area contributed by atoms with E-state index in [-0.39, 0.29) is 10.7 Å². The molecule has 4 rings (SSSR count). The number of aromatic nitrogens is 1. The Bertz CT molecular complexity index is 1240. The summed E-state index contributed by atoms with van der Waals surface area (Å²) in [4.78, 5) is 16.6. The topological polar surface area (TPSA) is 101 Å². The lowest BCUT2D eigenvalue weighted by Crippen LogP contribution is -2.12. The van der Waals surface area contributed by atoms with Gasteiger partial charge in [0.1, 0.15) is 0 Å². The van der Waals surface area contributed by atoms with Gasteiger partial charge in [0.05, 0.1) is 27.1 Å². The van der Waals surface area contributed by atoms with Crippen LogP contribution in [0.15, 0.2) is 70.2 Å². The quantitative estimate of drug-likeness (QED) is 0.509. The van der Waals surface area contributed by atoms with Gasteiger partial charge in [-0.25, -0.2) is 13.4 Å². The summed E-state index contributed by atoms with van der Waals surface area (Å²) in [5.41, 5.74) is 2.05. The lowest BCUT2D eigenvalue weighted by Gasteiger charge is -2.08. The van der Waals surface area contributed by atoms with Crippen molar-refractivity contribution in [3.05, 3.63) is 72.2 Å². The number of amides is 1. The monoisotopic (exact) mass is 413 g/mol. The van der Waals surface area contributed by atoms with Crippen molar-refractivity contribution in [3.63, 3.8) is 0 Å². The largest absolute Gasteiger partial charge is 0.459 e. The van der Waals surface area contributed by atoms with E-state index in [1.54, 1.807) is 54.6 Å². The Kier molecular flexibility index (Phi) is 4.62. The maximum atomic E-state index is 12.5. The molecule has 0 fully saturated rings. The number of nitrogens with zero attached hydrogens (tertiary/aromatic N) is 1. The fourth-order valence-corrected chi connectivity index (χ4v) is 4.49. The fraction of sp³-hybridized carbons (Fsp3) is 0.0526. The first kappa shape index (κ1) is 18.2. The summed E-state index contributed by atoms with van der Waals surface area (Å²) in [6, 6.07) is 14.8. The highest BCUT2D eigenvalue weighted by molar-refractivity contribution is 7.92. The number of thiazole rings is 1. The molecular weight excluding hydrogens is 398 g/mol. The number of hydrogen-bond acceptors (Lipinski definition) is 6. The molecule has 0 bridgehead atoms. The van der Waals surface area contributed by atoms with E-state index in [1.807, 2.05) is 6.92 Å². The molecule has 7 nitrogen and oxygen atoms in total. The molecule has 2 N–H and O–H groups in total. The molecule has 9 heteroatoms. The Morgan fingerprint density at radius 2 is 1.89 bits per heavy atom. The summed E-state index contributed by atoms with van der Waals surface area (Å²) in [6.07, 6.45) is 1.42. The number of carbonyl (C=O) groups is 1. The first-order valence-electron chi connectivity index (χ1n) is 8.26. The summed E-state index contributed by atoms with van der Waals surface area (Å²) in [6.45, 7) is 1.89. The lowest BCUT2D eigenvalue weighted by molar-refractivity contribution is 0.0996. The van der Waals surface area contributed by atoms with Crippen molar-refractivity contribution in [2.75, 3.05) is 10.0 Å². The number of hydrogen-bond donors (Lipinski definition) is 2. The molecule has 2 aromatic carbocycles. The number of sulfonamides is 1. The third-order valence-corrected chi connectivity index (χ3v) is 6.27.